The SMILES string of the molecule is O=C(NC[C@@H]1CCC(NC(=O)OCc2ccccc2)[C@H](OC2C(O)[C@H](O)[C@H](NC(=O)OCc3ccccc3)C(OCc3ccccc3)[C@@H]2NC(=O)OCc2ccccc2)O1)OCc1ccccc1. The summed E-state index contributed by atoms with van der Waals surface area (Å²) in [7, 11) is 0. The molecule has 1 saturated carbocycles. The van der Waals surface area contributed by atoms with Gasteiger partial charge in [-0.25, -0.2) is 19.2 Å². The molecule has 1 saturated heterocycles. The van der Waals surface area contributed by atoms with Crippen molar-refractivity contribution in [3.05, 3.63) is 179 Å². The highest BCUT2D eigenvalue weighted by Gasteiger charge is 2.54. The fourth-order valence-electron chi connectivity index (χ4n) is 7.81. The Labute approximate surface area is 394 Å². The number of carbonyl (C=O) groups excluding carboxylic acids is 4. The molecule has 5 aromatic carbocycles. The van der Waals surface area contributed by atoms with Crippen LogP contribution in [0.25, 0.3) is 0 Å². The molecule has 6 N–H and O–H groups in total. The first kappa shape index (κ1) is 48.9. The second kappa shape index (κ2) is 25.2. The van der Waals surface area contributed by atoms with Crippen LogP contribution in [0, 0.1) is 0 Å². The summed E-state index contributed by atoms with van der Waals surface area (Å²) >= 11 is 0. The normalized spacial score (nSPS) is 23.2. The maximum Gasteiger partial charge on any atom is 0.407 e. The quantitative estimate of drug-likeness (QED) is 0.0556. The van der Waals surface area contributed by atoms with Gasteiger partial charge in [0.05, 0.1) is 30.8 Å². The molecule has 5 aromatic rings. The van der Waals surface area contributed by atoms with E-state index in [0.717, 1.165) is 11.1 Å². The van der Waals surface area contributed by atoms with Crippen molar-refractivity contribution >= 4 is 24.4 Å². The lowest BCUT2D eigenvalue weighted by Crippen LogP contribution is -2.73. The Kier molecular flexibility index (Phi) is 18.1. The molecule has 68 heavy (non-hydrogen) atoms. The predicted octanol–water partition coefficient (Wildman–Crippen LogP) is 6.01. The molecular formula is C51H56N4O13. The summed E-state index contributed by atoms with van der Waals surface area (Å²) in [6, 6.07) is 41.6. The van der Waals surface area contributed by atoms with Crippen molar-refractivity contribution in [2.45, 2.75) is 101 Å². The van der Waals surface area contributed by atoms with Gasteiger partial charge in [0.25, 0.3) is 0 Å². The number of benzene rings is 5. The van der Waals surface area contributed by atoms with Crippen molar-refractivity contribution in [3.8, 4) is 0 Å². The van der Waals surface area contributed by atoms with Crippen LogP contribution in [0.4, 0.5) is 19.2 Å². The lowest BCUT2D eigenvalue weighted by Gasteiger charge is -2.49. The van der Waals surface area contributed by atoms with E-state index in [4.69, 9.17) is 33.2 Å². The number of nitrogens with one attached hydrogen (secondary N) is 4. The monoisotopic (exact) mass is 932 g/mol. The molecule has 0 bridgehead atoms. The summed E-state index contributed by atoms with van der Waals surface area (Å²) in [5.41, 5.74) is 3.66. The Hall–Kier alpha value is -7.02. The van der Waals surface area contributed by atoms with Crippen LogP contribution in [-0.4, -0.2) is 96.1 Å². The third-order valence-electron chi connectivity index (χ3n) is 11.3. The Morgan fingerprint density at radius 3 is 1.32 bits per heavy atom. The summed E-state index contributed by atoms with van der Waals surface area (Å²) in [5, 5.41) is 35.0. The van der Waals surface area contributed by atoms with Crippen molar-refractivity contribution in [3.63, 3.8) is 0 Å². The van der Waals surface area contributed by atoms with E-state index in [1.54, 1.807) is 60.7 Å². The van der Waals surface area contributed by atoms with Gasteiger partial charge in [-0.15, -0.1) is 0 Å². The zero-order chi connectivity index (χ0) is 47.5. The third kappa shape index (κ3) is 14.7. The first-order chi connectivity index (χ1) is 33.2. The maximum atomic E-state index is 13.8. The fourth-order valence-corrected chi connectivity index (χ4v) is 7.81. The van der Waals surface area contributed by atoms with E-state index < -0.39 is 79.3 Å². The standard InChI is InChI=1S/C51H56N4O13/c56-43-41(54-50(60)65-32-37-22-12-4-13-23-37)45(62-29-34-16-6-1-7-17-34)42(55-51(61)66-33-38-24-14-5-15-25-38)46(44(43)57)68-47-40(53-49(59)64-31-36-20-10-3-11-21-36)27-26-39(67-47)28-52-48(58)63-30-35-18-8-2-9-19-35/h1-25,39-47,56-57H,26-33H2,(H,52,58)(H,53,59)(H,54,60)(H,55,61)/t39-,40?,41-,42-,43+,44?,45?,46?,47-/m0/s1. The van der Waals surface area contributed by atoms with Crippen molar-refractivity contribution in [2.75, 3.05) is 6.54 Å². The van der Waals surface area contributed by atoms with Crippen molar-refractivity contribution in [1.82, 2.24) is 21.3 Å². The topological polar surface area (TPSA) is 221 Å². The average Bonchev–Trinajstić information content (AvgIpc) is 3.37. The molecule has 1 heterocycles. The summed E-state index contributed by atoms with van der Waals surface area (Å²) in [4.78, 5) is 53.4. The molecule has 0 radical (unpaired) electrons. The molecule has 7 rings (SSSR count). The summed E-state index contributed by atoms with van der Waals surface area (Å²) in [6.07, 6.45) is -11.4. The van der Waals surface area contributed by atoms with Crippen LogP contribution in [-0.2, 0) is 66.2 Å². The molecule has 0 spiro atoms. The molecule has 17 nitrogen and oxygen atoms in total. The Bertz CT molecular complexity index is 2320. The van der Waals surface area contributed by atoms with Crippen LogP contribution in [0.3, 0.4) is 0 Å². The zero-order valence-electron chi connectivity index (χ0n) is 37.2. The largest absolute Gasteiger partial charge is 0.445 e. The molecule has 9 atom stereocenters. The highest BCUT2D eigenvalue weighted by atomic mass is 16.7. The van der Waals surface area contributed by atoms with E-state index in [2.05, 4.69) is 21.3 Å². The average molecular weight is 933 g/mol. The minimum absolute atomic E-state index is 0.0259. The summed E-state index contributed by atoms with van der Waals surface area (Å²) < 4.78 is 41.6. The first-order valence-corrected chi connectivity index (χ1v) is 22.4. The molecule has 1 aliphatic heterocycles. The zero-order valence-corrected chi connectivity index (χ0v) is 37.2. The molecule has 4 amide bonds. The maximum absolute atomic E-state index is 13.8. The van der Waals surface area contributed by atoms with Crippen molar-refractivity contribution in [2.24, 2.45) is 0 Å². The van der Waals surface area contributed by atoms with Gasteiger partial charge in [0.1, 0.15) is 50.8 Å². The van der Waals surface area contributed by atoms with Crippen LogP contribution in [0.15, 0.2) is 152 Å². The lowest BCUT2D eigenvalue weighted by atomic mass is 9.81. The van der Waals surface area contributed by atoms with Crippen LogP contribution >= 0.6 is 0 Å². The van der Waals surface area contributed by atoms with Crippen LogP contribution < -0.4 is 21.3 Å². The molecule has 2 fully saturated rings. The van der Waals surface area contributed by atoms with Crippen LogP contribution in [0.5, 0.6) is 0 Å². The van der Waals surface area contributed by atoms with Gasteiger partial charge < -0.3 is 64.6 Å². The number of aliphatic hydroxyl groups excluding tert-OH is 2. The van der Waals surface area contributed by atoms with Crippen LogP contribution in [0.2, 0.25) is 0 Å². The second-order valence-corrected chi connectivity index (χ2v) is 16.3. The van der Waals surface area contributed by atoms with Gasteiger partial charge in [-0.1, -0.05) is 152 Å². The number of alkyl carbamates (subject to hydrolysis) is 4. The molecule has 358 valence electrons. The molecular weight excluding hydrogens is 877 g/mol. The van der Waals surface area contributed by atoms with E-state index in [1.165, 1.54) is 0 Å². The molecule has 2 aliphatic rings. The molecule has 0 aromatic heterocycles. The van der Waals surface area contributed by atoms with Gasteiger partial charge in [0.2, 0.25) is 0 Å². The second-order valence-electron chi connectivity index (χ2n) is 16.3. The van der Waals surface area contributed by atoms with Gasteiger partial charge in [0, 0.05) is 6.54 Å². The summed E-state index contributed by atoms with van der Waals surface area (Å²) in [5.74, 6) is 0. The summed E-state index contributed by atoms with van der Waals surface area (Å²) in [6.45, 7) is -0.308. The third-order valence-corrected chi connectivity index (χ3v) is 11.3. The van der Waals surface area contributed by atoms with E-state index >= 15 is 0 Å². The van der Waals surface area contributed by atoms with Crippen molar-refractivity contribution in [1.29, 1.82) is 0 Å². The first-order valence-electron chi connectivity index (χ1n) is 22.4. The number of amides is 4. The van der Waals surface area contributed by atoms with Gasteiger partial charge in [-0.3, -0.25) is 0 Å². The fraction of sp³-hybridized carbons (Fsp3) is 0.333. The number of carbonyl (C=O) groups is 4. The van der Waals surface area contributed by atoms with Gasteiger partial charge in [-0.2, -0.15) is 0 Å². The molecule has 4 unspecified atom stereocenters. The smallest absolute Gasteiger partial charge is 0.407 e. The van der Waals surface area contributed by atoms with E-state index in [0.29, 0.717) is 23.1 Å². The predicted molar refractivity (Wildman–Crippen MR) is 245 cm³/mol. The van der Waals surface area contributed by atoms with Gasteiger partial charge >= 0.3 is 24.4 Å². The van der Waals surface area contributed by atoms with Crippen LogP contribution in [0.1, 0.15) is 40.7 Å². The highest BCUT2D eigenvalue weighted by molar-refractivity contribution is 5.69. The van der Waals surface area contributed by atoms with E-state index in [-0.39, 0.29) is 46.0 Å². The number of rotatable bonds is 18. The van der Waals surface area contributed by atoms with E-state index in [1.807, 2.05) is 91.0 Å². The number of aliphatic hydroxyl groups is 2. The Morgan fingerprint density at radius 1 is 0.471 bits per heavy atom. The Morgan fingerprint density at radius 2 is 0.868 bits per heavy atom. The number of hydrogen-bond acceptors (Lipinski definition) is 13. The minimum Gasteiger partial charge on any atom is -0.445 e. The highest BCUT2D eigenvalue weighted by Crippen LogP contribution is 2.31. The number of hydrogen-bond donors (Lipinski definition) is 6. The van der Waals surface area contributed by atoms with Gasteiger partial charge in [0.15, 0.2) is 6.29 Å². The Balaban J connectivity index is 1.14. The lowest BCUT2D eigenvalue weighted by molar-refractivity contribution is -0.269. The van der Waals surface area contributed by atoms with E-state index in [9.17, 15) is 29.4 Å². The minimum atomic E-state index is -1.84. The van der Waals surface area contributed by atoms with Crippen molar-refractivity contribution < 1.29 is 62.5 Å². The number of ether oxygens (including phenoxy) is 7. The van der Waals surface area contributed by atoms with Gasteiger partial charge in [-0.05, 0) is 40.7 Å². The molecule has 1 aliphatic carbocycles. The molecule has 17 heteroatoms.